The maximum absolute atomic E-state index is 11.8. The van der Waals surface area contributed by atoms with Crippen LogP contribution in [-0.4, -0.2) is 52.1 Å². The number of fused-ring (bicyclic) bond motifs is 4. The smallest absolute Gasteiger partial charge is 0.279 e. The molecule has 0 atom stereocenters. The summed E-state index contributed by atoms with van der Waals surface area (Å²) in [6.07, 6.45) is 5.39. The molecular formula is C58H51ClN8O5S4. The van der Waals surface area contributed by atoms with E-state index in [9.17, 15) is 24.3 Å². The molecule has 0 saturated heterocycles. The van der Waals surface area contributed by atoms with E-state index in [0.29, 0.717) is 66.6 Å². The SMILES string of the molecule is Cc1ccccc1Cc1cc2c(s1)CC(=N)NC2=O.NC1=NC(=O)c2cc(Cc3ccccc3)sc2C1.NC1=NC(=O)c2cc(Cc3ccccc3CO)sc2C1.NC1=NC(=O)c2cc(Cc3ccccc3Cl)sc2C1. The van der Waals surface area contributed by atoms with Gasteiger partial charge in [0.25, 0.3) is 23.6 Å². The molecule has 4 aromatic carbocycles. The van der Waals surface area contributed by atoms with Crippen molar-refractivity contribution >= 4 is 104 Å². The minimum Gasteiger partial charge on any atom is -0.392 e. The van der Waals surface area contributed by atoms with Crippen molar-refractivity contribution in [1.82, 2.24) is 5.32 Å². The van der Waals surface area contributed by atoms with Crippen molar-refractivity contribution in [2.45, 2.75) is 64.9 Å². The Morgan fingerprint density at radius 1 is 0.513 bits per heavy atom. The van der Waals surface area contributed by atoms with E-state index in [1.54, 1.807) is 45.3 Å². The quantitative estimate of drug-likeness (QED) is 0.0811. The van der Waals surface area contributed by atoms with Crippen LogP contribution in [0.4, 0.5) is 0 Å². The molecule has 12 rings (SSSR count). The van der Waals surface area contributed by atoms with Crippen molar-refractivity contribution < 1.29 is 24.3 Å². The monoisotopic (exact) mass is 1100 g/mol. The fourth-order valence-electron chi connectivity index (χ4n) is 8.83. The van der Waals surface area contributed by atoms with Gasteiger partial charge in [-0.15, -0.1) is 45.3 Å². The number of aliphatic imine (C=N–C) groups is 3. The molecule has 4 aliphatic heterocycles. The molecule has 4 amide bonds. The van der Waals surface area contributed by atoms with Crippen LogP contribution in [0.3, 0.4) is 0 Å². The lowest BCUT2D eigenvalue weighted by atomic mass is 10.0. The molecule has 4 aliphatic rings. The van der Waals surface area contributed by atoms with Gasteiger partial charge in [0.2, 0.25) is 0 Å². The Labute approximate surface area is 460 Å². The van der Waals surface area contributed by atoms with Gasteiger partial charge in [-0.1, -0.05) is 109 Å². The van der Waals surface area contributed by atoms with Gasteiger partial charge in [-0.05, 0) is 70.6 Å². The summed E-state index contributed by atoms with van der Waals surface area (Å²) < 4.78 is 0. The van der Waals surface area contributed by atoms with Crippen LogP contribution in [0, 0.1) is 12.3 Å². The van der Waals surface area contributed by atoms with Crippen molar-refractivity contribution in [3.05, 3.63) is 227 Å². The molecule has 13 nitrogen and oxygen atoms in total. The number of thiophene rings is 4. The van der Waals surface area contributed by atoms with Gasteiger partial charge in [0.15, 0.2) is 0 Å². The van der Waals surface area contributed by atoms with Gasteiger partial charge in [-0.2, -0.15) is 15.0 Å². The second kappa shape index (κ2) is 24.0. The second-order valence-corrected chi connectivity index (χ2v) is 23.5. The minimum absolute atomic E-state index is 0.0241. The Hall–Kier alpha value is -7.51. The highest BCUT2D eigenvalue weighted by atomic mass is 35.5. The molecule has 0 bridgehead atoms. The second-order valence-electron chi connectivity index (χ2n) is 18.2. The number of nitrogens with zero attached hydrogens (tertiary/aromatic N) is 3. The lowest BCUT2D eigenvalue weighted by Gasteiger charge is -2.12. The van der Waals surface area contributed by atoms with Gasteiger partial charge in [0.05, 0.1) is 28.9 Å². The summed E-state index contributed by atoms with van der Waals surface area (Å²) in [4.78, 5) is 67.0. The molecular weight excluding hydrogens is 1050 g/mol. The fraction of sp³-hybridized carbons (Fsp3) is 0.172. The summed E-state index contributed by atoms with van der Waals surface area (Å²) in [6.45, 7) is 2.13. The largest absolute Gasteiger partial charge is 0.392 e. The zero-order valence-corrected chi connectivity index (χ0v) is 45.2. The Kier molecular flexibility index (Phi) is 16.8. The Balaban J connectivity index is 0.000000124. The molecule has 8 aromatic rings. The maximum atomic E-state index is 11.8. The predicted molar refractivity (Wildman–Crippen MR) is 308 cm³/mol. The molecule has 18 heteroatoms. The normalized spacial score (nSPS) is 14.1. The van der Waals surface area contributed by atoms with Gasteiger partial charge >= 0.3 is 0 Å². The van der Waals surface area contributed by atoms with Crippen LogP contribution in [0.25, 0.3) is 0 Å². The zero-order chi connectivity index (χ0) is 53.5. The van der Waals surface area contributed by atoms with Crippen molar-refractivity contribution in [2.75, 3.05) is 0 Å². The summed E-state index contributed by atoms with van der Waals surface area (Å²) in [5.74, 6) is 0.655. The third-order valence-corrected chi connectivity index (χ3v) is 17.5. The number of nitrogens with two attached hydrogens (primary N) is 3. The highest BCUT2D eigenvalue weighted by Crippen LogP contribution is 2.33. The average Bonchev–Trinajstić information content (AvgIpc) is 4.19. The lowest BCUT2D eigenvalue weighted by molar-refractivity contribution is 0.0968. The van der Waals surface area contributed by atoms with Crippen LogP contribution in [0.5, 0.6) is 0 Å². The van der Waals surface area contributed by atoms with E-state index < -0.39 is 0 Å². The molecule has 8 heterocycles. The molecule has 0 fully saturated rings. The number of hydrogen-bond donors (Lipinski definition) is 6. The molecule has 0 unspecified atom stereocenters. The van der Waals surface area contributed by atoms with E-state index in [2.05, 4.69) is 51.5 Å². The van der Waals surface area contributed by atoms with Crippen molar-refractivity contribution in [3.63, 3.8) is 0 Å². The van der Waals surface area contributed by atoms with Crippen LogP contribution in [0.15, 0.2) is 142 Å². The van der Waals surface area contributed by atoms with Crippen LogP contribution in [0.1, 0.15) is 114 Å². The van der Waals surface area contributed by atoms with Crippen LogP contribution < -0.4 is 22.5 Å². The van der Waals surface area contributed by atoms with Gasteiger partial charge in [-0.3, -0.25) is 24.6 Å². The number of benzene rings is 4. The topological polar surface area (TPSA) is 240 Å². The van der Waals surface area contributed by atoms with Crippen molar-refractivity contribution in [1.29, 1.82) is 5.41 Å². The molecule has 0 radical (unpaired) electrons. The standard InChI is InChI=1S/C15H14N2O2S.C15H14N2OS.C14H11ClN2OS.C14H12N2OS/c16-14-7-13-12(15(19)17-14)6-11(20-13)5-9-3-1-2-4-10(9)8-18;1-9-4-2-3-5-10(9)6-11-7-12-13(19-11)8-14(16)17-15(12)18;15-11-4-2-1-3-8(11)5-9-6-10-12(19-9)7-13(16)17-14(10)18;15-13-8-12-11(14(17)16-13)7-10(18-12)6-9-4-2-1-3-5-9/h1-4,6,18H,5,7-8H2,(H2,16,17,19);2-5,7H,6,8H2,1H3,(H2,16,17,18);1-4,6H,5,7H2,(H2,16,17,18);1-5,7H,6,8H2,(H2,15,16,17). The Bertz CT molecular complexity index is 3640. The van der Waals surface area contributed by atoms with E-state index in [1.807, 2.05) is 103 Å². The fourth-order valence-corrected chi connectivity index (χ4v) is 13.8. The van der Waals surface area contributed by atoms with Gasteiger partial charge < -0.3 is 27.6 Å². The number of amides is 4. The number of hydrogen-bond acceptors (Lipinski definition) is 13. The number of aryl methyl sites for hydroxylation is 1. The first-order valence-electron chi connectivity index (χ1n) is 24.1. The molecule has 384 valence electrons. The maximum Gasteiger partial charge on any atom is 0.279 e. The number of rotatable bonds is 9. The lowest BCUT2D eigenvalue weighted by Crippen LogP contribution is -2.35. The Morgan fingerprint density at radius 2 is 0.908 bits per heavy atom. The third kappa shape index (κ3) is 13.1. The molecule has 4 aromatic heterocycles. The number of nitrogens with one attached hydrogen (secondary N) is 2. The summed E-state index contributed by atoms with van der Waals surface area (Å²) in [7, 11) is 0. The average molecular weight is 1100 g/mol. The highest BCUT2D eigenvalue weighted by molar-refractivity contribution is 7.13. The first-order chi connectivity index (χ1) is 36.7. The first kappa shape index (κ1) is 53.3. The molecule has 9 N–H and O–H groups in total. The number of halogens is 1. The van der Waals surface area contributed by atoms with Crippen LogP contribution in [0.2, 0.25) is 5.02 Å². The third-order valence-electron chi connectivity index (χ3n) is 12.6. The van der Waals surface area contributed by atoms with E-state index in [0.717, 1.165) is 81.4 Å². The predicted octanol–water partition coefficient (Wildman–Crippen LogP) is 10.2. The van der Waals surface area contributed by atoms with E-state index in [1.165, 1.54) is 26.4 Å². The summed E-state index contributed by atoms with van der Waals surface area (Å²) in [6, 6.07) is 41.7. The molecule has 76 heavy (non-hydrogen) atoms. The van der Waals surface area contributed by atoms with Crippen LogP contribution >= 0.6 is 56.9 Å². The first-order valence-corrected chi connectivity index (χ1v) is 27.8. The molecule has 0 aliphatic carbocycles. The molecule has 0 saturated carbocycles. The van der Waals surface area contributed by atoms with Gasteiger partial charge in [-0.25, -0.2) is 0 Å². The number of amidine groups is 4. The highest BCUT2D eigenvalue weighted by Gasteiger charge is 2.25. The zero-order valence-electron chi connectivity index (χ0n) is 41.2. The Morgan fingerprint density at radius 3 is 1.41 bits per heavy atom. The van der Waals surface area contributed by atoms with E-state index >= 15 is 0 Å². The number of aliphatic hydroxyl groups excluding tert-OH is 1. The number of aliphatic hydroxyl groups is 1. The number of carbonyl (C=O) groups is 4. The van der Waals surface area contributed by atoms with E-state index in [-0.39, 0.29) is 30.2 Å². The minimum atomic E-state index is -0.248. The van der Waals surface area contributed by atoms with Crippen molar-refractivity contribution in [2.24, 2.45) is 32.2 Å². The van der Waals surface area contributed by atoms with E-state index in [4.69, 9.17) is 34.2 Å². The van der Waals surface area contributed by atoms with Gasteiger partial charge in [0.1, 0.15) is 23.3 Å². The van der Waals surface area contributed by atoms with Crippen molar-refractivity contribution in [3.8, 4) is 0 Å². The summed E-state index contributed by atoms with van der Waals surface area (Å²) >= 11 is 12.6. The van der Waals surface area contributed by atoms with Gasteiger partial charge in [0, 0.05) is 95.4 Å². The molecule has 0 spiro atoms. The summed E-state index contributed by atoms with van der Waals surface area (Å²) in [5, 5.41) is 20.3. The summed E-state index contributed by atoms with van der Waals surface area (Å²) in [5.41, 5.74) is 26.6. The number of carbonyl (C=O) groups excluding carboxylic acids is 4. The van der Waals surface area contributed by atoms with Crippen LogP contribution in [-0.2, 0) is 58.0 Å².